The molecule has 0 spiro atoms. The summed E-state index contributed by atoms with van der Waals surface area (Å²) in [6, 6.07) is 2.19. The van der Waals surface area contributed by atoms with Crippen LogP contribution in [0.5, 0.6) is 0 Å². The molecule has 0 bridgehead atoms. The molecule has 1 atom stereocenters. The molecule has 8 heteroatoms. The first-order valence-electron chi connectivity index (χ1n) is 6.36. The van der Waals surface area contributed by atoms with Crippen molar-refractivity contribution in [3.05, 3.63) is 29.8 Å². The Hall–Kier alpha value is -1.70. The lowest BCUT2D eigenvalue weighted by atomic mass is 9.91. The van der Waals surface area contributed by atoms with E-state index in [1.807, 2.05) is 0 Å². The van der Waals surface area contributed by atoms with E-state index < -0.39 is 30.0 Å². The maximum absolute atomic E-state index is 12.9. The highest BCUT2D eigenvalue weighted by Crippen LogP contribution is 2.27. The number of alkyl halides is 3. The fourth-order valence-corrected chi connectivity index (χ4v) is 1.85. The van der Waals surface area contributed by atoms with Gasteiger partial charge >= 0.3 is 12.1 Å². The van der Waals surface area contributed by atoms with Crippen molar-refractivity contribution in [3.63, 3.8) is 0 Å². The molecule has 4 nitrogen and oxygen atoms in total. The van der Waals surface area contributed by atoms with Crippen LogP contribution >= 0.6 is 0 Å². The summed E-state index contributed by atoms with van der Waals surface area (Å²) < 4.78 is 55.1. The molecule has 1 rings (SSSR count). The first kappa shape index (κ1) is 17.4. The van der Waals surface area contributed by atoms with Crippen LogP contribution in [-0.4, -0.2) is 30.3 Å². The number of halogens is 4. The molecule has 0 fully saturated rings. The molecule has 0 aliphatic carbocycles. The van der Waals surface area contributed by atoms with E-state index in [9.17, 15) is 22.4 Å². The van der Waals surface area contributed by atoms with E-state index in [1.54, 1.807) is 6.92 Å². The molecule has 1 heterocycles. The summed E-state index contributed by atoms with van der Waals surface area (Å²) in [6.45, 7) is 1.68. The monoisotopic (exact) mass is 308 g/mol. The van der Waals surface area contributed by atoms with Crippen LogP contribution in [0.25, 0.3) is 0 Å². The third-order valence-corrected chi connectivity index (χ3v) is 2.91. The zero-order valence-corrected chi connectivity index (χ0v) is 11.6. The Kier molecular flexibility index (Phi) is 5.65. The summed E-state index contributed by atoms with van der Waals surface area (Å²) >= 11 is 0. The molecule has 0 amide bonds. The summed E-state index contributed by atoms with van der Waals surface area (Å²) in [5, 5.41) is 2.16. The van der Waals surface area contributed by atoms with Crippen molar-refractivity contribution >= 4 is 5.97 Å². The fraction of sp³-hybridized carbons (Fsp3) is 0.538. The van der Waals surface area contributed by atoms with Gasteiger partial charge in [0, 0.05) is 0 Å². The van der Waals surface area contributed by atoms with Crippen LogP contribution in [0.2, 0.25) is 0 Å². The van der Waals surface area contributed by atoms with Crippen molar-refractivity contribution in [2.75, 3.05) is 13.2 Å². The number of hydrogen-bond donors (Lipinski definition) is 1. The van der Waals surface area contributed by atoms with Crippen molar-refractivity contribution in [1.82, 2.24) is 10.3 Å². The van der Waals surface area contributed by atoms with E-state index in [0.29, 0.717) is 0 Å². The summed E-state index contributed by atoms with van der Waals surface area (Å²) in [7, 11) is 0. The number of carbonyl (C=O) groups is 1. The van der Waals surface area contributed by atoms with Gasteiger partial charge in [0.2, 0.25) is 0 Å². The number of esters is 1. The van der Waals surface area contributed by atoms with Crippen molar-refractivity contribution in [1.29, 1.82) is 0 Å². The molecule has 21 heavy (non-hydrogen) atoms. The minimum atomic E-state index is -4.51. The maximum Gasteiger partial charge on any atom is 0.401 e. The Morgan fingerprint density at radius 1 is 1.33 bits per heavy atom. The molecular weight excluding hydrogens is 292 g/mol. The Labute approximate surface area is 119 Å². The predicted molar refractivity (Wildman–Crippen MR) is 66.9 cm³/mol. The lowest BCUT2D eigenvalue weighted by Gasteiger charge is -2.31. The van der Waals surface area contributed by atoms with Gasteiger partial charge in [-0.25, -0.2) is 9.18 Å². The summed E-state index contributed by atoms with van der Waals surface area (Å²) in [6.07, 6.45) is -3.69. The third-order valence-electron chi connectivity index (χ3n) is 2.91. The van der Waals surface area contributed by atoms with Gasteiger partial charge in [0.25, 0.3) is 0 Å². The van der Waals surface area contributed by atoms with Crippen LogP contribution in [0, 0.1) is 5.82 Å². The largest absolute Gasteiger partial charge is 0.464 e. The molecule has 1 unspecified atom stereocenters. The zero-order valence-electron chi connectivity index (χ0n) is 11.6. The van der Waals surface area contributed by atoms with Crippen LogP contribution in [0.4, 0.5) is 17.6 Å². The molecule has 0 aliphatic rings. The lowest BCUT2D eigenvalue weighted by Crippen LogP contribution is -2.53. The van der Waals surface area contributed by atoms with Gasteiger partial charge in [-0.3, -0.25) is 10.3 Å². The van der Waals surface area contributed by atoms with E-state index >= 15 is 0 Å². The quantitative estimate of drug-likeness (QED) is 0.648. The molecule has 0 aromatic carbocycles. The predicted octanol–water partition coefficient (Wildman–Crippen LogP) is 2.54. The van der Waals surface area contributed by atoms with Gasteiger partial charge in [0.15, 0.2) is 5.54 Å². The van der Waals surface area contributed by atoms with Gasteiger partial charge in [0.1, 0.15) is 5.82 Å². The number of carbonyl (C=O) groups excluding carboxylic acids is 1. The van der Waals surface area contributed by atoms with Crippen LogP contribution < -0.4 is 5.32 Å². The van der Waals surface area contributed by atoms with Crippen LogP contribution in [-0.2, 0) is 15.1 Å². The van der Waals surface area contributed by atoms with Crippen molar-refractivity contribution in [3.8, 4) is 0 Å². The average Bonchev–Trinajstić information content (AvgIpc) is 2.41. The van der Waals surface area contributed by atoms with Gasteiger partial charge in [-0.15, -0.1) is 0 Å². The molecule has 0 saturated heterocycles. The van der Waals surface area contributed by atoms with Crippen molar-refractivity contribution in [2.45, 2.75) is 32.0 Å². The minimum absolute atomic E-state index is 0.00940. The summed E-state index contributed by atoms with van der Waals surface area (Å²) in [5.74, 6) is -1.53. The van der Waals surface area contributed by atoms with Gasteiger partial charge in [-0.1, -0.05) is 6.92 Å². The lowest BCUT2D eigenvalue weighted by molar-refractivity contribution is -0.157. The van der Waals surface area contributed by atoms with Gasteiger partial charge in [-0.05, 0) is 25.5 Å². The average molecular weight is 308 g/mol. The highest BCUT2D eigenvalue weighted by atomic mass is 19.4. The minimum Gasteiger partial charge on any atom is -0.464 e. The number of aromatic nitrogens is 1. The Balaban J connectivity index is 3.18. The normalized spacial score (nSPS) is 14.6. The van der Waals surface area contributed by atoms with Crippen LogP contribution in [0.1, 0.15) is 26.0 Å². The molecule has 118 valence electrons. The van der Waals surface area contributed by atoms with E-state index in [-0.39, 0.29) is 18.7 Å². The number of nitrogens with one attached hydrogen (secondary N) is 1. The first-order chi connectivity index (χ1) is 9.75. The SMILES string of the molecule is CCOC(=O)C(CC)(NCC(F)(F)F)c1ccc(F)cn1. The van der Waals surface area contributed by atoms with E-state index in [0.717, 1.165) is 12.3 Å². The molecule has 1 N–H and O–H groups in total. The second kappa shape index (κ2) is 6.84. The number of ether oxygens (including phenoxy) is 1. The Morgan fingerprint density at radius 3 is 2.43 bits per heavy atom. The molecule has 0 aliphatic heterocycles. The number of hydrogen-bond acceptors (Lipinski definition) is 4. The number of nitrogens with zero attached hydrogens (tertiary/aromatic N) is 1. The first-order valence-corrected chi connectivity index (χ1v) is 6.36. The molecule has 1 aromatic rings. The van der Waals surface area contributed by atoms with Crippen molar-refractivity contribution in [2.24, 2.45) is 0 Å². The number of rotatable bonds is 6. The van der Waals surface area contributed by atoms with Gasteiger partial charge in [0.05, 0.1) is 25.0 Å². The summed E-state index contributed by atoms with van der Waals surface area (Å²) in [5.41, 5.74) is -1.78. The molecular formula is C13H16F4N2O2. The smallest absolute Gasteiger partial charge is 0.401 e. The summed E-state index contributed by atoms with van der Waals surface area (Å²) in [4.78, 5) is 15.8. The van der Waals surface area contributed by atoms with E-state index in [2.05, 4.69) is 10.3 Å². The topological polar surface area (TPSA) is 51.2 Å². The molecule has 0 saturated carbocycles. The third kappa shape index (κ3) is 4.38. The van der Waals surface area contributed by atoms with Crippen LogP contribution in [0.15, 0.2) is 18.3 Å². The van der Waals surface area contributed by atoms with Crippen molar-refractivity contribution < 1.29 is 27.1 Å². The molecule has 1 aromatic heterocycles. The standard InChI is InChI=1S/C13H16F4N2O2/c1-3-12(11(20)21-4-2,19-8-13(15,16)17)10-6-5-9(14)7-18-10/h5-7,19H,3-4,8H2,1-2H3. The fourth-order valence-electron chi connectivity index (χ4n) is 1.85. The highest BCUT2D eigenvalue weighted by molar-refractivity contribution is 5.82. The molecule has 0 radical (unpaired) electrons. The second-order valence-electron chi connectivity index (χ2n) is 4.31. The number of pyridine rings is 1. The van der Waals surface area contributed by atoms with Crippen LogP contribution in [0.3, 0.4) is 0 Å². The van der Waals surface area contributed by atoms with E-state index in [1.165, 1.54) is 13.0 Å². The second-order valence-corrected chi connectivity index (χ2v) is 4.31. The van der Waals surface area contributed by atoms with Gasteiger partial charge < -0.3 is 4.74 Å². The van der Waals surface area contributed by atoms with E-state index in [4.69, 9.17) is 4.74 Å². The Morgan fingerprint density at radius 2 is 2.00 bits per heavy atom. The zero-order chi connectivity index (χ0) is 16.1. The Bertz CT molecular complexity index is 476. The highest BCUT2D eigenvalue weighted by Gasteiger charge is 2.44. The maximum atomic E-state index is 12.9. The van der Waals surface area contributed by atoms with Gasteiger partial charge in [-0.2, -0.15) is 13.2 Å².